The van der Waals surface area contributed by atoms with E-state index in [2.05, 4.69) is 0 Å². The number of aliphatic hydroxyl groups excluding tert-OH is 1. The van der Waals surface area contributed by atoms with Gasteiger partial charge in [0.2, 0.25) is 5.91 Å². The third-order valence-corrected chi connectivity index (χ3v) is 1.81. The molecule has 0 bridgehead atoms. The Balaban J connectivity index is 4.45. The van der Waals surface area contributed by atoms with Gasteiger partial charge in [0, 0.05) is 6.54 Å². The van der Waals surface area contributed by atoms with Gasteiger partial charge >= 0.3 is 6.18 Å². The lowest BCUT2D eigenvalue weighted by Gasteiger charge is -2.25. The van der Waals surface area contributed by atoms with Crippen LogP contribution in [-0.4, -0.2) is 47.8 Å². The summed E-state index contributed by atoms with van der Waals surface area (Å²) >= 11 is 0. The van der Waals surface area contributed by atoms with Gasteiger partial charge in [0.1, 0.15) is 6.54 Å². The Hall–Kier alpha value is -0.820. The van der Waals surface area contributed by atoms with Crippen LogP contribution in [0.1, 0.15) is 13.3 Å². The molecule has 0 rings (SSSR count). The van der Waals surface area contributed by atoms with Crippen molar-refractivity contribution in [1.29, 1.82) is 0 Å². The fraction of sp³-hybridized carbons (Fsp3) is 0.875. The van der Waals surface area contributed by atoms with Crippen molar-refractivity contribution < 1.29 is 23.1 Å². The van der Waals surface area contributed by atoms with E-state index in [0.29, 0.717) is 4.90 Å². The zero-order valence-electron chi connectivity index (χ0n) is 8.42. The highest BCUT2D eigenvalue weighted by molar-refractivity contribution is 5.81. The molecule has 0 spiro atoms. The van der Waals surface area contributed by atoms with Gasteiger partial charge in [-0.1, -0.05) is 6.92 Å². The highest BCUT2D eigenvalue weighted by atomic mass is 19.4. The normalized spacial score (nSPS) is 13.7. The molecule has 0 heterocycles. The molecule has 7 heteroatoms. The zero-order chi connectivity index (χ0) is 12.1. The van der Waals surface area contributed by atoms with Crippen molar-refractivity contribution in [2.24, 2.45) is 5.73 Å². The number of carbonyl (C=O) groups is 1. The van der Waals surface area contributed by atoms with Crippen LogP contribution < -0.4 is 5.73 Å². The van der Waals surface area contributed by atoms with Crippen molar-refractivity contribution in [2.75, 3.05) is 19.7 Å². The lowest BCUT2D eigenvalue weighted by Crippen LogP contribution is -2.48. The van der Waals surface area contributed by atoms with E-state index in [1.807, 2.05) is 0 Å². The predicted molar refractivity (Wildman–Crippen MR) is 48.0 cm³/mol. The second-order valence-corrected chi connectivity index (χ2v) is 3.11. The van der Waals surface area contributed by atoms with E-state index in [1.54, 1.807) is 6.92 Å². The van der Waals surface area contributed by atoms with E-state index in [4.69, 9.17) is 10.8 Å². The summed E-state index contributed by atoms with van der Waals surface area (Å²) in [5.74, 6) is -0.788. The van der Waals surface area contributed by atoms with Crippen molar-refractivity contribution in [1.82, 2.24) is 4.90 Å². The van der Waals surface area contributed by atoms with Crippen molar-refractivity contribution >= 4 is 5.91 Å². The number of alkyl halides is 3. The maximum absolute atomic E-state index is 12.0. The van der Waals surface area contributed by atoms with E-state index in [1.165, 1.54) is 0 Å². The Labute approximate surface area is 85.8 Å². The monoisotopic (exact) mass is 228 g/mol. The van der Waals surface area contributed by atoms with E-state index in [9.17, 15) is 18.0 Å². The number of hydrogen-bond acceptors (Lipinski definition) is 3. The first-order chi connectivity index (χ1) is 6.81. The van der Waals surface area contributed by atoms with Gasteiger partial charge in [0.05, 0.1) is 12.6 Å². The molecule has 1 unspecified atom stereocenters. The Kier molecular flexibility index (Phi) is 5.59. The van der Waals surface area contributed by atoms with Crippen LogP contribution in [0.2, 0.25) is 0 Å². The van der Waals surface area contributed by atoms with Crippen molar-refractivity contribution in [3.8, 4) is 0 Å². The molecule has 0 aliphatic heterocycles. The second kappa shape index (κ2) is 5.92. The lowest BCUT2D eigenvalue weighted by atomic mass is 10.2. The molecular weight excluding hydrogens is 213 g/mol. The molecule has 90 valence electrons. The van der Waals surface area contributed by atoms with Crippen LogP contribution in [0, 0.1) is 0 Å². The first-order valence-corrected chi connectivity index (χ1v) is 4.53. The van der Waals surface area contributed by atoms with Crippen LogP contribution in [0.5, 0.6) is 0 Å². The largest absolute Gasteiger partial charge is 0.406 e. The fourth-order valence-corrected chi connectivity index (χ4v) is 1.01. The maximum Gasteiger partial charge on any atom is 0.406 e. The average Bonchev–Trinajstić information content (AvgIpc) is 2.13. The Morgan fingerprint density at radius 2 is 2.07 bits per heavy atom. The number of nitrogens with zero attached hydrogens (tertiary/aromatic N) is 1. The molecule has 0 radical (unpaired) electrons. The van der Waals surface area contributed by atoms with Crippen LogP contribution in [0.4, 0.5) is 13.2 Å². The van der Waals surface area contributed by atoms with Crippen molar-refractivity contribution in [3.05, 3.63) is 0 Å². The summed E-state index contributed by atoms with van der Waals surface area (Å²) in [6.07, 6.45) is -4.21. The summed E-state index contributed by atoms with van der Waals surface area (Å²) in [6, 6.07) is -0.945. The van der Waals surface area contributed by atoms with E-state index in [0.717, 1.165) is 0 Å². The van der Waals surface area contributed by atoms with Crippen LogP contribution >= 0.6 is 0 Å². The highest BCUT2D eigenvalue weighted by Gasteiger charge is 2.33. The minimum atomic E-state index is -4.47. The summed E-state index contributed by atoms with van der Waals surface area (Å²) in [5.41, 5.74) is 5.33. The summed E-state index contributed by atoms with van der Waals surface area (Å²) in [4.78, 5) is 11.9. The smallest absolute Gasteiger partial charge is 0.395 e. The molecule has 0 aromatic heterocycles. The van der Waals surface area contributed by atoms with Crippen molar-refractivity contribution in [2.45, 2.75) is 25.6 Å². The van der Waals surface area contributed by atoms with E-state index < -0.39 is 31.3 Å². The number of halogens is 3. The molecule has 0 saturated carbocycles. The molecule has 1 amide bonds. The molecule has 0 aliphatic carbocycles. The van der Waals surface area contributed by atoms with Gasteiger partial charge in [0.25, 0.3) is 0 Å². The zero-order valence-corrected chi connectivity index (χ0v) is 8.42. The maximum atomic E-state index is 12.0. The lowest BCUT2D eigenvalue weighted by molar-refractivity contribution is -0.162. The summed E-state index contributed by atoms with van der Waals surface area (Å²) < 4.78 is 36.1. The number of amides is 1. The summed E-state index contributed by atoms with van der Waals surface area (Å²) in [6.45, 7) is -0.641. The fourth-order valence-electron chi connectivity index (χ4n) is 1.01. The van der Waals surface area contributed by atoms with Crippen molar-refractivity contribution in [3.63, 3.8) is 0 Å². The topological polar surface area (TPSA) is 66.6 Å². The van der Waals surface area contributed by atoms with Gasteiger partial charge in [-0.15, -0.1) is 0 Å². The van der Waals surface area contributed by atoms with Crippen LogP contribution in [0.15, 0.2) is 0 Å². The molecule has 0 aromatic rings. The highest BCUT2D eigenvalue weighted by Crippen LogP contribution is 2.16. The Morgan fingerprint density at radius 3 is 2.40 bits per heavy atom. The number of aliphatic hydroxyl groups is 1. The van der Waals surface area contributed by atoms with Gasteiger partial charge in [0.15, 0.2) is 0 Å². The first kappa shape index (κ1) is 14.2. The molecule has 0 saturated heterocycles. The summed E-state index contributed by atoms with van der Waals surface area (Å²) in [7, 11) is 0. The number of carbonyl (C=O) groups excluding carboxylic acids is 1. The second-order valence-electron chi connectivity index (χ2n) is 3.11. The SMILES string of the molecule is CCC(N)C(=O)N(CCO)CC(F)(F)F. The van der Waals surface area contributed by atoms with Gasteiger partial charge in [-0.05, 0) is 6.42 Å². The molecule has 1 atom stereocenters. The third-order valence-electron chi connectivity index (χ3n) is 1.81. The molecule has 15 heavy (non-hydrogen) atoms. The van der Waals surface area contributed by atoms with E-state index in [-0.39, 0.29) is 13.0 Å². The van der Waals surface area contributed by atoms with Crippen LogP contribution in [0.25, 0.3) is 0 Å². The molecular formula is C8H15F3N2O2. The standard InChI is InChI=1S/C8H15F3N2O2/c1-2-6(12)7(15)13(3-4-14)5-8(9,10)11/h6,14H,2-5,12H2,1H3. The third kappa shape index (κ3) is 5.58. The van der Waals surface area contributed by atoms with Gasteiger partial charge in [-0.3, -0.25) is 4.79 Å². The Morgan fingerprint density at radius 1 is 1.53 bits per heavy atom. The van der Waals surface area contributed by atoms with Crippen LogP contribution in [-0.2, 0) is 4.79 Å². The minimum absolute atomic E-state index is 0.263. The van der Waals surface area contributed by atoms with E-state index >= 15 is 0 Å². The number of nitrogens with two attached hydrogens (primary N) is 1. The Bertz CT molecular complexity index is 209. The summed E-state index contributed by atoms with van der Waals surface area (Å²) in [5, 5.41) is 8.53. The molecule has 0 aliphatic rings. The van der Waals surface area contributed by atoms with Gasteiger partial charge in [-0.2, -0.15) is 13.2 Å². The quantitative estimate of drug-likeness (QED) is 0.701. The molecule has 0 fully saturated rings. The van der Waals surface area contributed by atoms with Gasteiger partial charge < -0.3 is 15.7 Å². The van der Waals surface area contributed by atoms with Gasteiger partial charge in [-0.25, -0.2) is 0 Å². The molecule has 0 aromatic carbocycles. The number of hydrogen-bond donors (Lipinski definition) is 2. The number of rotatable bonds is 5. The molecule has 4 nitrogen and oxygen atoms in total. The first-order valence-electron chi connectivity index (χ1n) is 4.53. The predicted octanol–water partition coefficient (Wildman–Crippen LogP) is 0.107. The van der Waals surface area contributed by atoms with Crippen LogP contribution in [0.3, 0.4) is 0 Å². The minimum Gasteiger partial charge on any atom is -0.395 e. The average molecular weight is 228 g/mol. The molecule has 3 N–H and O–H groups in total.